The van der Waals surface area contributed by atoms with Crippen molar-refractivity contribution in [2.45, 2.75) is 5.16 Å². The lowest BCUT2D eigenvalue weighted by molar-refractivity contribution is 0.414. The molecule has 100 valence electrons. The Morgan fingerprint density at radius 1 is 1.00 bits per heavy atom. The number of hydrogen-bond acceptors (Lipinski definition) is 4. The molecule has 0 fully saturated rings. The lowest BCUT2D eigenvalue weighted by Crippen LogP contribution is -1.99. The zero-order valence-corrected chi connectivity index (χ0v) is 11.8. The molecule has 3 aromatic rings. The Labute approximate surface area is 122 Å². The van der Waals surface area contributed by atoms with E-state index in [1.165, 1.54) is 0 Å². The van der Waals surface area contributed by atoms with Crippen LogP contribution in [0, 0.1) is 0 Å². The van der Waals surface area contributed by atoms with Crippen LogP contribution in [0.5, 0.6) is 5.75 Å². The van der Waals surface area contributed by atoms with E-state index in [0.29, 0.717) is 5.16 Å². The van der Waals surface area contributed by atoms with Crippen LogP contribution in [0.2, 0.25) is 0 Å². The molecule has 0 unspecified atom stereocenters. The zero-order chi connectivity index (χ0) is 13.9. The molecule has 2 aromatic carbocycles. The predicted octanol–water partition coefficient (Wildman–Crippen LogP) is 3.23. The summed E-state index contributed by atoms with van der Waals surface area (Å²) in [6.45, 7) is 0. The average Bonchev–Trinajstić information content (AvgIpc) is 2.90. The van der Waals surface area contributed by atoms with Crippen molar-refractivity contribution in [3.8, 4) is 22.8 Å². The molecule has 0 saturated heterocycles. The first-order valence-corrected chi connectivity index (χ1v) is 6.58. The van der Waals surface area contributed by atoms with E-state index in [2.05, 4.69) is 22.7 Å². The fourth-order valence-corrected chi connectivity index (χ4v) is 2.16. The molecule has 0 radical (unpaired) electrons. The Balaban J connectivity index is 2.09. The maximum Gasteiger partial charge on any atom is 0.206 e. The molecule has 20 heavy (non-hydrogen) atoms. The molecule has 5 heteroatoms. The summed E-state index contributed by atoms with van der Waals surface area (Å²) in [4.78, 5) is 4.38. The molecule has 4 nitrogen and oxygen atoms in total. The third kappa shape index (κ3) is 2.40. The highest BCUT2D eigenvalue weighted by Gasteiger charge is 2.11. The van der Waals surface area contributed by atoms with Gasteiger partial charge in [-0.25, -0.2) is 9.67 Å². The summed E-state index contributed by atoms with van der Waals surface area (Å²) in [5.74, 6) is 1.57. The van der Waals surface area contributed by atoms with Crippen molar-refractivity contribution in [2.24, 2.45) is 0 Å². The molecule has 0 aliphatic rings. The van der Waals surface area contributed by atoms with Gasteiger partial charge in [-0.05, 0) is 24.3 Å². The van der Waals surface area contributed by atoms with E-state index in [4.69, 9.17) is 4.74 Å². The zero-order valence-electron chi connectivity index (χ0n) is 10.9. The molecule has 0 bridgehead atoms. The monoisotopic (exact) mass is 283 g/mol. The highest BCUT2D eigenvalue weighted by molar-refractivity contribution is 7.80. The van der Waals surface area contributed by atoms with Crippen LogP contribution in [0.3, 0.4) is 0 Å². The summed E-state index contributed by atoms with van der Waals surface area (Å²) in [5.41, 5.74) is 1.91. The Kier molecular flexibility index (Phi) is 3.43. The second kappa shape index (κ2) is 5.38. The number of benzene rings is 2. The third-order valence-electron chi connectivity index (χ3n) is 2.94. The number of rotatable bonds is 3. The summed E-state index contributed by atoms with van der Waals surface area (Å²) in [6, 6.07) is 17.6. The summed E-state index contributed by atoms with van der Waals surface area (Å²) >= 11 is 4.25. The molecule has 1 aromatic heterocycles. The maximum atomic E-state index is 5.16. The highest BCUT2D eigenvalue weighted by Crippen LogP contribution is 2.23. The number of aromatic nitrogens is 3. The van der Waals surface area contributed by atoms with Gasteiger partial charge in [-0.15, -0.1) is 17.7 Å². The van der Waals surface area contributed by atoms with Crippen LogP contribution >= 0.6 is 12.6 Å². The molecule has 0 aliphatic carbocycles. The summed E-state index contributed by atoms with van der Waals surface area (Å²) < 4.78 is 6.94. The van der Waals surface area contributed by atoms with Crippen molar-refractivity contribution in [1.82, 2.24) is 14.8 Å². The van der Waals surface area contributed by atoms with Gasteiger partial charge in [0.2, 0.25) is 5.16 Å². The van der Waals surface area contributed by atoms with Crippen molar-refractivity contribution in [1.29, 1.82) is 0 Å². The van der Waals surface area contributed by atoms with Gasteiger partial charge >= 0.3 is 0 Å². The van der Waals surface area contributed by atoms with Crippen molar-refractivity contribution in [3.63, 3.8) is 0 Å². The minimum atomic E-state index is 0.444. The van der Waals surface area contributed by atoms with Gasteiger partial charge in [-0.1, -0.05) is 30.3 Å². The van der Waals surface area contributed by atoms with Crippen LogP contribution in [-0.2, 0) is 0 Å². The number of methoxy groups -OCH3 is 1. The van der Waals surface area contributed by atoms with Crippen molar-refractivity contribution >= 4 is 12.6 Å². The van der Waals surface area contributed by atoms with E-state index in [1.54, 1.807) is 11.8 Å². The highest BCUT2D eigenvalue weighted by atomic mass is 32.1. The summed E-state index contributed by atoms with van der Waals surface area (Å²) in [6.07, 6.45) is 0. The number of hydrogen-bond donors (Lipinski definition) is 1. The predicted molar refractivity (Wildman–Crippen MR) is 80.6 cm³/mol. The Bertz CT molecular complexity index is 708. The molecule has 0 saturated carbocycles. The summed E-state index contributed by atoms with van der Waals surface area (Å²) in [5, 5.41) is 4.79. The molecule has 3 rings (SSSR count). The van der Waals surface area contributed by atoms with Gasteiger partial charge in [0.1, 0.15) is 5.75 Å². The fraction of sp³-hybridized carbons (Fsp3) is 0.0667. The standard InChI is InChI=1S/C15H13N3OS/c1-19-13-9-7-12(8-10-13)18-14(16-15(20)17-18)11-5-3-2-4-6-11/h2-10H,1H3,(H,17,20). The van der Waals surface area contributed by atoms with Gasteiger partial charge in [0.05, 0.1) is 12.8 Å². The van der Waals surface area contributed by atoms with E-state index >= 15 is 0 Å². The molecule has 0 amide bonds. The molecule has 1 heterocycles. The molecule has 0 atom stereocenters. The second-order valence-corrected chi connectivity index (χ2v) is 4.61. The van der Waals surface area contributed by atoms with Crippen LogP contribution in [0.15, 0.2) is 59.8 Å². The lowest BCUT2D eigenvalue weighted by Gasteiger charge is -2.06. The first kappa shape index (κ1) is 12.7. The van der Waals surface area contributed by atoms with Crippen LogP contribution in [-0.4, -0.2) is 21.9 Å². The quantitative estimate of drug-likeness (QED) is 0.750. The van der Waals surface area contributed by atoms with Gasteiger partial charge in [0, 0.05) is 5.56 Å². The van der Waals surface area contributed by atoms with E-state index in [0.717, 1.165) is 22.8 Å². The Hall–Kier alpha value is -2.27. The topological polar surface area (TPSA) is 39.9 Å². The van der Waals surface area contributed by atoms with E-state index in [-0.39, 0.29) is 0 Å². The van der Waals surface area contributed by atoms with E-state index in [9.17, 15) is 0 Å². The van der Waals surface area contributed by atoms with Crippen LogP contribution < -0.4 is 4.74 Å². The van der Waals surface area contributed by atoms with E-state index in [1.807, 2.05) is 54.6 Å². The Morgan fingerprint density at radius 3 is 2.35 bits per heavy atom. The molecular weight excluding hydrogens is 270 g/mol. The van der Waals surface area contributed by atoms with Gasteiger partial charge in [0.15, 0.2) is 5.82 Å². The van der Waals surface area contributed by atoms with Crippen molar-refractivity contribution < 1.29 is 4.74 Å². The lowest BCUT2D eigenvalue weighted by atomic mass is 10.2. The van der Waals surface area contributed by atoms with Gasteiger partial charge in [-0.2, -0.15) is 0 Å². The molecule has 0 aliphatic heterocycles. The third-order valence-corrected chi connectivity index (χ3v) is 3.13. The van der Waals surface area contributed by atoms with Gasteiger partial charge < -0.3 is 4.74 Å². The number of nitrogens with zero attached hydrogens (tertiary/aromatic N) is 3. The van der Waals surface area contributed by atoms with Crippen molar-refractivity contribution in [3.05, 3.63) is 54.6 Å². The Morgan fingerprint density at radius 2 is 1.70 bits per heavy atom. The van der Waals surface area contributed by atoms with Crippen LogP contribution in [0.1, 0.15) is 0 Å². The van der Waals surface area contributed by atoms with E-state index < -0.39 is 0 Å². The maximum absolute atomic E-state index is 5.16. The van der Waals surface area contributed by atoms with Gasteiger partial charge in [-0.3, -0.25) is 0 Å². The van der Waals surface area contributed by atoms with Crippen molar-refractivity contribution in [2.75, 3.05) is 7.11 Å². The SMILES string of the molecule is COc1ccc(-n2nc(S)nc2-c2ccccc2)cc1. The van der Waals surface area contributed by atoms with Crippen LogP contribution in [0.4, 0.5) is 0 Å². The first-order valence-electron chi connectivity index (χ1n) is 6.14. The molecule has 0 N–H and O–H groups in total. The average molecular weight is 283 g/mol. The fourth-order valence-electron chi connectivity index (χ4n) is 1.98. The smallest absolute Gasteiger partial charge is 0.206 e. The minimum Gasteiger partial charge on any atom is -0.497 e. The molecule has 0 spiro atoms. The first-order chi connectivity index (χ1) is 9.78. The number of ether oxygens (including phenoxy) is 1. The van der Waals surface area contributed by atoms with Crippen LogP contribution in [0.25, 0.3) is 17.1 Å². The second-order valence-electron chi connectivity index (χ2n) is 4.21. The summed E-state index contributed by atoms with van der Waals surface area (Å²) in [7, 11) is 1.64. The largest absolute Gasteiger partial charge is 0.497 e. The van der Waals surface area contributed by atoms with Gasteiger partial charge in [0.25, 0.3) is 0 Å². The minimum absolute atomic E-state index is 0.444. The molecular formula is C15H13N3OS. The normalized spacial score (nSPS) is 10.5. The number of thiol groups is 1.